The Kier molecular flexibility index (Phi) is 9.21. The van der Waals surface area contributed by atoms with Crippen molar-refractivity contribution >= 4 is 35.1 Å². The molecule has 9 nitrogen and oxygen atoms in total. The first-order chi connectivity index (χ1) is 16.5. The number of piperazine rings is 1. The Morgan fingerprint density at radius 2 is 1.85 bits per heavy atom. The van der Waals surface area contributed by atoms with Crippen LogP contribution >= 0.6 is 12.2 Å². The number of carbonyl (C=O) groups excluding carboxylic acids is 3. The average Bonchev–Trinajstić information content (AvgIpc) is 2.84. The molecule has 1 unspecified atom stereocenters. The van der Waals surface area contributed by atoms with Crippen LogP contribution in [0.5, 0.6) is 11.5 Å². The molecular formula is C24H27N3O6S. The summed E-state index contributed by atoms with van der Waals surface area (Å²) in [6, 6.07) is 15.0. The van der Waals surface area contributed by atoms with Crippen LogP contribution in [-0.2, 0) is 14.3 Å². The Hall–Kier alpha value is -3.66. The lowest BCUT2D eigenvalue weighted by Gasteiger charge is -2.36. The molecule has 3 rings (SSSR count). The van der Waals surface area contributed by atoms with Crippen LogP contribution in [-0.4, -0.2) is 66.7 Å². The number of thiocarbonyl (C=S) groups is 1. The maximum absolute atomic E-state index is 12.7. The summed E-state index contributed by atoms with van der Waals surface area (Å²) in [7, 11) is 0. The molecule has 0 spiro atoms. The van der Waals surface area contributed by atoms with Gasteiger partial charge in [0.15, 0.2) is 5.11 Å². The van der Waals surface area contributed by atoms with E-state index < -0.39 is 17.9 Å². The van der Waals surface area contributed by atoms with Gasteiger partial charge in [0, 0.05) is 18.7 Å². The Morgan fingerprint density at radius 3 is 2.62 bits per heavy atom. The van der Waals surface area contributed by atoms with Crippen LogP contribution in [0, 0.1) is 0 Å². The van der Waals surface area contributed by atoms with E-state index in [0.29, 0.717) is 36.8 Å². The zero-order valence-corrected chi connectivity index (χ0v) is 19.6. The van der Waals surface area contributed by atoms with Gasteiger partial charge in [0.25, 0.3) is 5.91 Å². The second-order valence-corrected chi connectivity index (χ2v) is 7.69. The zero-order valence-electron chi connectivity index (χ0n) is 18.8. The van der Waals surface area contributed by atoms with Crippen molar-refractivity contribution in [1.29, 1.82) is 0 Å². The Labute approximate surface area is 203 Å². The summed E-state index contributed by atoms with van der Waals surface area (Å²) in [6.07, 6.45) is -0.215. The van der Waals surface area contributed by atoms with E-state index >= 15 is 0 Å². The van der Waals surface area contributed by atoms with Gasteiger partial charge in [-0.25, -0.2) is 0 Å². The van der Waals surface area contributed by atoms with Gasteiger partial charge >= 0.3 is 5.97 Å². The average molecular weight is 486 g/mol. The molecule has 0 radical (unpaired) electrons. The van der Waals surface area contributed by atoms with Crippen LogP contribution in [0.3, 0.4) is 0 Å². The van der Waals surface area contributed by atoms with Gasteiger partial charge in [-0.05, 0) is 49.5 Å². The van der Waals surface area contributed by atoms with Gasteiger partial charge in [-0.2, -0.15) is 0 Å². The summed E-state index contributed by atoms with van der Waals surface area (Å²) in [5, 5.41) is 5.42. The molecule has 0 bridgehead atoms. The fraction of sp³-hybridized carbons (Fsp3) is 0.333. The Balaban J connectivity index is 1.53. The predicted molar refractivity (Wildman–Crippen MR) is 129 cm³/mol. The Bertz CT molecular complexity index is 1020. The molecule has 0 aromatic heterocycles. The molecule has 2 aromatic carbocycles. The minimum atomic E-state index is -0.890. The normalized spacial score (nSPS) is 15.1. The van der Waals surface area contributed by atoms with Gasteiger partial charge in [-0.15, -0.1) is 0 Å². The van der Waals surface area contributed by atoms with Gasteiger partial charge in [0.2, 0.25) is 5.91 Å². The first kappa shape index (κ1) is 25.0. The molecule has 10 heteroatoms. The number of nitrogens with one attached hydrogen (secondary N) is 2. The molecule has 34 heavy (non-hydrogen) atoms. The van der Waals surface area contributed by atoms with E-state index in [2.05, 4.69) is 10.6 Å². The van der Waals surface area contributed by atoms with E-state index in [4.69, 9.17) is 26.4 Å². The fourth-order valence-corrected chi connectivity index (χ4v) is 3.66. The zero-order chi connectivity index (χ0) is 24.3. The molecule has 0 saturated carbocycles. The van der Waals surface area contributed by atoms with E-state index in [-0.39, 0.29) is 30.7 Å². The first-order valence-corrected chi connectivity index (χ1v) is 11.3. The van der Waals surface area contributed by atoms with Crippen molar-refractivity contribution in [3.05, 3.63) is 60.2 Å². The van der Waals surface area contributed by atoms with Crippen LogP contribution in [0.2, 0.25) is 0 Å². The number of ether oxygens (including phenoxy) is 3. The predicted octanol–water partition coefficient (Wildman–Crippen LogP) is 1.91. The minimum absolute atomic E-state index is 0.0411. The van der Waals surface area contributed by atoms with E-state index in [1.165, 1.54) is 4.90 Å². The number of nitrogens with zero attached hydrogens (tertiary/aromatic N) is 1. The van der Waals surface area contributed by atoms with Crippen molar-refractivity contribution in [1.82, 2.24) is 15.5 Å². The summed E-state index contributed by atoms with van der Waals surface area (Å²) in [4.78, 5) is 39.0. The quantitative estimate of drug-likeness (QED) is 0.315. The molecule has 1 heterocycles. The number of rotatable bonds is 9. The summed E-state index contributed by atoms with van der Waals surface area (Å²) >= 11 is 5.39. The number of esters is 1. The van der Waals surface area contributed by atoms with E-state index in [0.717, 1.165) is 0 Å². The number of para-hydroxylation sites is 1. The van der Waals surface area contributed by atoms with Crippen molar-refractivity contribution in [3.63, 3.8) is 0 Å². The number of amides is 2. The molecule has 180 valence electrons. The highest BCUT2D eigenvalue weighted by Crippen LogP contribution is 2.15. The third-order valence-electron chi connectivity index (χ3n) is 4.94. The standard InChI is InChI=1S/C24H27N3O6S/c1-2-31-19-10-6-7-17(15-19)22(29)26-24(34)27-12-11-25-23(30)20(27)16-21(28)33-14-13-32-18-8-4-3-5-9-18/h3-10,15,20H,2,11-14,16H2,1H3,(H,25,30)(H,26,29,34). The third-order valence-corrected chi connectivity index (χ3v) is 5.27. The smallest absolute Gasteiger partial charge is 0.308 e. The molecule has 1 atom stereocenters. The highest BCUT2D eigenvalue weighted by atomic mass is 32.1. The molecule has 2 N–H and O–H groups in total. The van der Waals surface area contributed by atoms with E-state index in [9.17, 15) is 14.4 Å². The monoisotopic (exact) mass is 485 g/mol. The van der Waals surface area contributed by atoms with Crippen LogP contribution in [0.1, 0.15) is 23.7 Å². The summed E-state index contributed by atoms with van der Waals surface area (Å²) in [5.41, 5.74) is 0.365. The molecule has 2 amide bonds. The number of benzene rings is 2. The first-order valence-electron chi connectivity index (χ1n) is 10.9. The molecule has 0 aliphatic carbocycles. The van der Waals surface area contributed by atoms with Crippen molar-refractivity contribution in [2.75, 3.05) is 32.9 Å². The summed E-state index contributed by atoms with van der Waals surface area (Å²) in [5.74, 6) is -0.127. The minimum Gasteiger partial charge on any atom is -0.494 e. The maximum Gasteiger partial charge on any atom is 0.308 e. The molecule has 1 aliphatic rings. The van der Waals surface area contributed by atoms with Gasteiger partial charge in [0.1, 0.15) is 30.8 Å². The second-order valence-electron chi connectivity index (χ2n) is 7.31. The molecule has 2 aromatic rings. The molecule has 1 aliphatic heterocycles. The van der Waals surface area contributed by atoms with Gasteiger partial charge in [-0.3, -0.25) is 19.7 Å². The van der Waals surface area contributed by atoms with E-state index in [1.54, 1.807) is 36.4 Å². The van der Waals surface area contributed by atoms with Crippen molar-refractivity contribution in [2.24, 2.45) is 0 Å². The van der Waals surface area contributed by atoms with Crippen LogP contribution in [0.4, 0.5) is 0 Å². The maximum atomic E-state index is 12.7. The van der Waals surface area contributed by atoms with Gasteiger partial charge in [0.05, 0.1) is 13.0 Å². The highest BCUT2D eigenvalue weighted by molar-refractivity contribution is 7.80. The summed E-state index contributed by atoms with van der Waals surface area (Å²) < 4.78 is 16.1. The lowest BCUT2D eigenvalue weighted by molar-refractivity contribution is -0.148. The van der Waals surface area contributed by atoms with Crippen molar-refractivity contribution < 1.29 is 28.6 Å². The van der Waals surface area contributed by atoms with Gasteiger partial charge < -0.3 is 24.4 Å². The second kappa shape index (κ2) is 12.5. The molecule has 1 saturated heterocycles. The van der Waals surface area contributed by atoms with Crippen LogP contribution in [0.25, 0.3) is 0 Å². The lowest BCUT2D eigenvalue weighted by atomic mass is 10.1. The third kappa shape index (κ3) is 7.17. The summed E-state index contributed by atoms with van der Waals surface area (Å²) in [6.45, 7) is 3.24. The Morgan fingerprint density at radius 1 is 1.09 bits per heavy atom. The fourth-order valence-electron chi connectivity index (χ4n) is 3.34. The highest BCUT2D eigenvalue weighted by Gasteiger charge is 2.34. The topological polar surface area (TPSA) is 106 Å². The number of carbonyl (C=O) groups is 3. The van der Waals surface area contributed by atoms with Crippen molar-refractivity contribution in [3.8, 4) is 11.5 Å². The largest absolute Gasteiger partial charge is 0.494 e. The number of hydrogen-bond donors (Lipinski definition) is 2. The molecular weight excluding hydrogens is 458 g/mol. The SMILES string of the molecule is CCOc1cccc(C(=O)NC(=S)N2CCNC(=O)C2CC(=O)OCCOc2ccccc2)c1. The van der Waals surface area contributed by atoms with Crippen molar-refractivity contribution in [2.45, 2.75) is 19.4 Å². The number of hydrogen-bond acceptors (Lipinski definition) is 7. The van der Waals surface area contributed by atoms with Crippen LogP contribution in [0.15, 0.2) is 54.6 Å². The van der Waals surface area contributed by atoms with E-state index in [1.807, 2.05) is 25.1 Å². The lowest BCUT2D eigenvalue weighted by Crippen LogP contribution is -2.60. The van der Waals surface area contributed by atoms with Crippen LogP contribution < -0.4 is 20.1 Å². The molecule has 1 fully saturated rings. The van der Waals surface area contributed by atoms with Gasteiger partial charge in [-0.1, -0.05) is 24.3 Å².